The molecule has 0 heterocycles. The molecule has 2 heteroatoms. The number of hydrogen-bond donors (Lipinski definition) is 1. The highest BCUT2D eigenvalue weighted by atomic mass is 15.1. The number of rotatable bonds is 5. The van der Waals surface area contributed by atoms with Gasteiger partial charge in [-0.15, -0.1) is 0 Å². The van der Waals surface area contributed by atoms with Gasteiger partial charge in [0.05, 0.1) is 0 Å². The smallest absolute Gasteiger partial charge is 0.00697 e. The Morgan fingerprint density at radius 1 is 1.31 bits per heavy atom. The predicted molar refractivity (Wildman–Crippen MR) is 58.0 cm³/mol. The Morgan fingerprint density at radius 2 is 2.08 bits per heavy atom. The summed E-state index contributed by atoms with van der Waals surface area (Å²) in [6.45, 7) is 4.76. The van der Waals surface area contributed by atoms with E-state index in [1.165, 1.54) is 38.8 Å². The van der Waals surface area contributed by atoms with Gasteiger partial charge in [-0.2, -0.15) is 0 Å². The van der Waals surface area contributed by atoms with Crippen LogP contribution in [-0.2, 0) is 0 Å². The van der Waals surface area contributed by atoms with Gasteiger partial charge in [0.15, 0.2) is 0 Å². The van der Waals surface area contributed by atoms with Crippen molar-refractivity contribution in [3.63, 3.8) is 0 Å². The molecule has 13 heavy (non-hydrogen) atoms. The summed E-state index contributed by atoms with van der Waals surface area (Å²) in [4.78, 5) is 2.25. The average Bonchev–Trinajstić information content (AvgIpc) is 2.45. The van der Waals surface area contributed by atoms with Crippen molar-refractivity contribution in [3.05, 3.63) is 0 Å². The van der Waals surface area contributed by atoms with Crippen LogP contribution in [0.5, 0.6) is 0 Å². The van der Waals surface area contributed by atoms with Crippen LogP contribution in [0.2, 0.25) is 0 Å². The van der Waals surface area contributed by atoms with Crippen molar-refractivity contribution in [1.82, 2.24) is 10.2 Å². The van der Waals surface area contributed by atoms with E-state index in [0.29, 0.717) is 0 Å². The molecule has 0 aliphatic heterocycles. The Kier molecular flexibility index (Phi) is 4.74. The van der Waals surface area contributed by atoms with Crippen LogP contribution in [0.15, 0.2) is 0 Å². The van der Waals surface area contributed by atoms with Crippen molar-refractivity contribution in [2.45, 2.75) is 38.6 Å². The van der Waals surface area contributed by atoms with Crippen LogP contribution in [0.25, 0.3) is 0 Å². The third kappa shape index (κ3) is 4.63. The third-order valence-electron chi connectivity index (χ3n) is 2.91. The SMILES string of the molecule is C[C@H]1CC[C@@H](NCCCN(C)C)C1. The topological polar surface area (TPSA) is 15.3 Å². The van der Waals surface area contributed by atoms with E-state index >= 15 is 0 Å². The van der Waals surface area contributed by atoms with E-state index in [0.717, 1.165) is 12.0 Å². The second-order valence-electron chi connectivity index (χ2n) is 4.73. The van der Waals surface area contributed by atoms with E-state index in [2.05, 4.69) is 31.2 Å². The van der Waals surface area contributed by atoms with Gasteiger partial charge in [0, 0.05) is 6.04 Å². The van der Waals surface area contributed by atoms with Gasteiger partial charge < -0.3 is 10.2 Å². The van der Waals surface area contributed by atoms with Crippen molar-refractivity contribution in [2.24, 2.45) is 5.92 Å². The first-order chi connectivity index (χ1) is 6.18. The van der Waals surface area contributed by atoms with Gasteiger partial charge in [-0.3, -0.25) is 0 Å². The maximum Gasteiger partial charge on any atom is 0.00697 e. The highest BCUT2D eigenvalue weighted by Gasteiger charge is 2.19. The first-order valence-electron chi connectivity index (χ1n) is 5.56. The normalized spacial score (nSPS) is 28.6. The first-order valence-corrected chi connectivity index (χ1v) is 5.56. The Bertz CT molecular complexity index is 134. The van der Waals surface area contributed by atoms with Crippen molar-refractivity contribution in [1.29, 1.82) is 0 Å². The lowest BCUT2D eigenvalue weighted by atomic mass is 10.1. The molecule has 2 nitrogen and oxygen atoms in total. The van der Waals surface area contributed by atoms with E-state index < -0.39 is 0 Å². The summed E-state index contributed by atoms with van der Waals surface area (Å²) in [6.07, 6.45) is 5.48. The van der Waals surface area contributed by atoms with Crippen LogP contribution in [0.1, 0.15) is 32.6 Å². The lowest BCUT2D eigenvalue weighted by Crippen LogP contribution is -2.29. The van der Waals surface area contributed by atoms with Crippen molar-refractivity contribution in [2.75, 3.05) is 27.2 Å². The molecule has 1 saturated carbocycles. The minimum atomic E-state index is 0.817. The maximum absolute atomic E-state index is 3.64. The molecule has 0 aromatic heterocycles. The van der Waals surface area contributed by atoms with Gasteiger partial charge in [-0.25, -0.2) is 0 Å². The monoisotopic (exact) mass is 184 g/mol. The minimum Gasteiger partial charge on any atom is -0.314 e. The Hall–Kier alpha value is -0.0800. The van der Waals surface area contributed by atoms with Crippen LogP contribution in [0.3, 0.4) is 0 Å². The fourth-order valence-electron chi connectivity index (χ4n) is 2.09. The number of nitrogens with one attached hydrogen (secondary N) is 1. The summed E-state index contributed by atoms with van der Waals surface area (Å²) >= 11 is 0. The molecule has 1 rings (SSSR count). The zero-order valence-electron chi connectivity index (χ0n) is 9.34. The second kappa shape index (κ2) is 5.61. The molecular weight excluding hydrogens is 160 g/mol. The van der Waals surface area contributed by atoms with Crippen molar-refractivity contribution < 1.29 is 0 Å². The van der Waals surface area contributed by atoms with E-state index in [1.807, 2.05) is 0 Å². The minimum absolute atomic E-state index is 0.817. The van der Waals surface area contributed by atoms with Crippen LogP contribution < -0.4 is 5.32 Å². The summed E-state index contributed by atoms with van der Waals surface area (Å²) in [7, 11) is 4.27. The van der Waals surface area contributed by atoms with Crippen LogP contribution >= 0.6 is 0 Å². The molecule has 0 radical (unpaired) electrons. The molecule has 0 aromatic carbocycles. The largest absolute Gasteiger partial charge is 0.314 e. The summed E-state index contributed by atoms with van der Waals surface area (Å²) in [5, 5.41) is 3.64. The van der Waals surface area contributed by atoms with Gasteiger partial charge in [-0.05, 0) is 58.8 Å². The van der Waals surface area contributed by atoms with Gasteiger partial charge in [-0.1, -0.05) is 6.92 Å². The molecule has 0 saturated heterocycles. The zero-order chi connectivity index (χ0) is 9.68. The Labute approximate surface area is 82.7 Å². The van der Waals surface area contributed by atoms with E-state index in [9.17, 15) is 0 Å². The molecule has 1 fully saturated rings. The molecule has 0 bridgehead atoms. The summed E-state index contributed by atoms with van der Waals surface area (Å²) in [6, 6.07) is 0.817. The standard InChI is InChI=1S/C11H24N2/c1-10-5-6-11(9-10)12-7-4-8-13(2)3/h10-12H,4-9H2,1-3H3/t10-,11+/m0/s1. The predicted octanol–water partition coefficient (Wildman–Crippen LogP) is 1.72. The molecule has 1 aliphatic rings. The third-order valence-corrected chi connectivity index (χ3v) is 2.91. The fourth-order valence-corrected chi connectivity index (χ4v) is 2.09. The van der Waals surface area contributed by atoms with Gasteiger partial charge >= 0.3 is 0 Å². The van der Waals surface area contributed by atoms with Gasteiger partial charge in [0.2, 0.25) is 0 Å². The summed E-state index contributed by atoms with van der Waals surface area (Å²) in [5.41, 5.74) is 0. The average molecular weight is 184 g/mol. The van der Waals surface area contributed by atoms with E-state index in [1.54, 1.807) is 0 Å². The molecular formula is C11H24N2. The van der Waals surface area contributed by atoms with Crippen LogP contribution in [0.4, 0.5) is 0 Å². The summed E-state index contributed by atoms with van der Waals surface area (Å²) in [5.74, 6) is 0.950. The molecule has 1 aliphatic carbocycles. The molecule has 0 aromatic rings. The lowest BCUT2D eigenvalue weighted by Gasteiger charge is -2.14. The molecule has 0 amide bonds. The van der Waals surface area contributed by atoms with E-state index in [4.69, 9.17) is 0 Å². The number of hydrogen-bond acceptors (Lipinski definition) is 2. The quantitative estimate of drug-likeness (QED) is 0.654. The first kappa shape index (κ1) is 11.0. The fraction of sp³-hybridized carbons (Fsp3) is 1.00. The summed E-state index contributed by atoms with van der Waals surface area (Å²) < 4.78 is 0. The number of nitrogens with zero attached hydrogens (tertiary/aromatic N) is 1. The van der Waals surface area contributed by atoms with Crippen molar-refractivity contribution >= 4 is 0 Å². The zero-order valence-corrected chi connectivity index (χ0v) is 9.34. The van der Waals surface area contributed by atoms with Crippen molar-refractivity contribution in [3.8, 4) is 0 Å². The van der Waals surface area contributed by atoms with Gasteiger partial charge in [0.25, 0.3) is 0 Å². The molecule has 78 valence electrons. The molecule has 0 spiro atoms. The molecule has 2 atom stereocenters. The highest BCUT2D eigenvalue weighted by Crippen LogP contribution is 2.24. The van der Waals surface area contributed by atoms with Gasteiger partial charge in [0.1, 0.15) is 0 Å². The van der Waals surface area contributed by atoms with Crippen LogP contribution in [-0.4, -0.2) is 38.1 Å². The maximum atomic E-state index is 3.64. The second-order valence-corrected chi connectivity index (χ2v) is 4.73. The van der Waals surface area contributed by atoms with Crippen LogP contribution in [0, 0.1) is 5.92 Å². The van der Waals surface area contributed by atoms with E-state index in [-0.39, 0.29) is 0 Å². The Morgan fingerprint density at radius 3 is 2.62 bits per heavy atom. The highest BCUT2D eigenvalue weighted by molar-refractivity contribution is 4.77. The molecule has 0 unspecified atom stereocenters. The molecule has 1 N–H and O–H groups in total. The Balaban J connectivity index is 1.94. The lowest BCUT2D eigenvalue weighted by molar-refractivity contribution is 0.385.